The van der Waals surface area contributed by atoms with Gasteiger partial charge in [-0.25, -0.2) is 0 Å². The zero-order valence-corrected chi connectivity index (χ0v) is 21.6. The molecule has 0 bridgehead atoms. The number of hydrogen-bond acceptors (Lipinski definition) is 5. The zero-order valence-electron chi connectivity index (χ0n) is 20.8. The maximum absolute atomic E-state index is 4.32. The van der Waals surface area contributed by atoms with Gasteiger partial charge in [-0.2, -0.15) is 0 Å². The predicted molar refractivity (Wildman–Crippen MR) is 144 cm³/mol. The van der Waals surface area contributed by atoms with Gasteiger partial charge in [0.25, 0.3) is 0 Å². The van der Waals surface area contributed by atoms with E-state index in [4.69, 9.17) is 0 Å². The van der Waals surface area contributed by atoms with E-state index >= 15 is 0 Å². The monoisotopic (exact) mass is 444 g/mol. The van der Waals surface area contributed by atoms with Crippen molar-refractivity contribution in [2.75, 3.05) is 26.7 Å². The SMILES string of the molecule is C=C(/C=C\C(=C/C)CNC(=C)C(C)N(CC(C)C)C(=C)CNC(C)C)C(=C)SC=NC. The van der Waals surface area contributed by atoms with Gasteiger partial charge in [-0.05, 0) is 30.9 Å². The maximum atomic E-state index is 4.32. The van der Waals surface area contributed by atoms with Crippen molar-refractivity contribution >= 4 is 17.3 Å². The lowest BCUT2D eigenvalue weighted by Gasteiger charge is -2.36. The fraction of sp³-hybridized carbons (Fsp3) is 0.500. The van der Waals surface area contributed by atoms with Crippen molar-refractivity contribution in [1.29, 1.82) is 0 Å². The largest absolute Gasteiger partial charge is 0.383 e. The van der Waals surface area contributed by atoms with Crippen LogP contribution in [0.1, 0.15) is 41.5 Å². The van der Waals surface area contributed by atoms with E-state index in [0.29, 0.717) is 18.5 Å². The second-order valence-corrected chi connectivity index (χ2v) is 9.27. The third-order valence-electron chi connectivity index (χ3n) is 4.70. The van der Waals surface area contributed by atoms with Crippen molar-refractivity contribution in [1.82, 2.24) is 15.5 Å². The first kappa shape index (κ1) is 29.0. The van der Waals surface area contributed by atoms with E-state index in [1.165, 1.54) is 11.8 Å². The first-order valence-corrected chi connectivity index (χ1v) is 11.8. The quantitative estimate of drug-likeness (QED) is 0.176. The first-order valence-electron chi connectivity index (χ1n) is 10.9. The third-order valence-corrected chi connectivity index (χ3v) is 5.56. The molecule has 1 atom stereocenters. The summed E-state index contributed by atoms with van der Waals surface area (Å²) in [6, 6.07) is 0.572. The van der Waals surface area contributed by atoms with Crippen LogP contribution in [0.5, 0.6) is 0 Å². The van der Waals surface area contributed by atoms with Crippen molar-refractivity contribution in [3.05, 3.63) is 72.0 Å². The van der Waals surface area contributed by atoms with Crippen molar-refractivity contribution in [3.63, 3.8) is 0 Å². The standard InChI is InChI=1S/C26H44N4S/c1-12-26(14-13-21(6)25(10)31-18-27-11)16-29-23(8)24(9)30(17-19(2)3)22(7)15-28-20(4)5/h12-14,18-20,24,28-29H,6-8,10,15-17H2,1-5,9,11H3/b14-13-,26-12+,27-18?. The van der Waals surface area contributed by atoms with Gasteiger partial charge in [-0.1, -0.05) is 84.0 Å². The van der Waals surface area contributed by atoms with Gasteiger partial charge in [0.05, 0.1) is 11.6 Å². The number of nitrogens with one attached hydrogen (secondary N) is 2. The molecule has 31 heavy (non-hydrogen) atoms. The normalized spacial score (nSPS) is 13.3. The van der Waals surface area contributed by atoms with Crippen molar-refractivity contribution in [3.8, 4) is 0 Å². The summed E-state index contributed by atoms with van der Waals surface area (Å²) >= 11 is 1.48. The molecule has 0 heterocycles. The number of hydrogen-bond donors (Lipinski definition) is 2. The fourth-order valence-corrected chi connectivity index (χ4v) is 3.13. The molecule has 0 saturated carbocycles. The Labute approximate surface area is 196 Å². The molecule has 1 unspecified atom stereocenters. The molecule has 4 nitrogen and oxygen atoms in total. The van der Waals surface area contributed by atoms with Gasteiger partial charge in [-0.15, -0.1) is 0 Å². The maximum Gasteiger partial charge on any atom is 0.0651 e. The van der Waals surface area contributed by atoms with Gasteiger partial charge in [0, 0.05) is 49.0 Å². The molecule has 0 radical (unpaired) electrons. The van der Waals surface area contributed by atoms with E-state index in [2.05, 4.69) is 93.6 Å². The number of aliphatic imine (C=N–C) groups is 1. The van der Waals surface area contributed by atoms with Gasteiger partial charge in [-0.3, -0.25) is 4.99 Å². The highest BCUT2D eigenvalue weighted by molar-refractivity contribution is 8.15. The molecule has 0 saturated heterocycles. The van der Waals surface area contributed by atoms with E-state index in [-0.39, 0.29) is 6.04 Å². The number of nitrogens with zero attached hydrogens (tertiary/aromatic N) is 2. The van der Waals surface area contributed by atoms with Crippen LogP contribution in [0.25, 0.3) is 0 Å². The summed E-state index contributed by atoms with van der Waals surface area (Å²) in [7, 11) is 1.74. The Hall–Kier alpha value is -1.98. The van der Waals surface area contributed by atoms with Crippen LogP contribution in [0, 0.1) is 5.92 Å². The molecule has 0 fully saturated rings. The second-order valence-electron chi connectivity index (χ2n) is 8.33. The van der Waals surface area contributed by atoms with Crippen LogP contribution in [0.15, 0.2) is 77.0 Å². The molecule has 0 amide bonds. The Bertz CT molecular complexity index is 698. The molecular formula is C26H44N4S. The minimum Gasteiger partial charge on any atom is -0.383 e. The molecule has 174 valence electrons. The molecule has 0 aliphatic rings. The Morgan fingerprint density at radius 2 is 1.68 bits per heavy atom. The van der Waals surface area contributed by atoms with Gasteiger partial charge in [0.2, 0.25) is 0 Å². The highest BCUT2D eigenvalue weighted by atomic mass is 32.2. The number of thioether (sulfide) groups is 1. The molecule has 2 N–H and O–H groups in total. The van der Waals surface area contributed by atoms with Crippen LogP contribution in [0.4, 0.5) is 0 Å². The summed E-state index contributed by atoms with van der Waals surface area (Å²) in [6.07, 6.45) is 6.15. The summed E-state index contributed by atoms with van der Waals surface area (Å²) in [5.74, 6) is 0.537. The van der Waals surface area contributed by atoms with Gasteiger partial charge < -0.3 is 15.5 Å². The summed E-state index contributed by atoms with van der Waals surface area (Å²) in [6.45, 7) is 32.1. The van der Waals surface area contributed by atoms with Crippen LogP contribution in [0.2, 0.25) is 0 Å². The van der Waals surface area contributed by atoms with Crippen molar-refractivity contribution in [2.24, 2.45) is 10.9 Å². The van der Waals surface area contributed by atoms with Gasteiger partial charge in [0.1, 0.15) is 0 Å². The number of rotatable bonds is 16. The molecular weight excluding hydrogens is 400 g/mol. The molecule has 0 aromatic heterocycles. The van der Waals surface area contributed by atoms with E-state index in [0.717, 1.165) is 40.5 Å². The van der Waals surface area contributed by atoms with E-state index in [1.54, 1.807) is 12.6 Å². The molecule has 0 aromatic carbocycles. The fourth-order valence-electron chi connectivity index (χ4n) is 2.68. The number of allylic oxidation sites excluding steroid dienone is 3. The third kappa shape index (κ3) is 12.5. The van der Waals surface area contributed by atoms with Crippen LogP contribution in [-0.4, -0.2) is 49.2 Å². The van der Waals surface area contributed by atoms with E-state index < -0.39 is 0 Å². The summed E-state index contributed by atoms with van der Waals surface area (Å²) in [5, 5.41) is 6.96. The van der Waals surface area contributed by atoms with Crippen molar-refractivity contribution in [2.45, 2.75) is 53.6 Å². The van der Waals surface area contributed by atoms with Crippen LogP contribution >= 0.6 is 11.8 Å². The lowest BCUT2D eigenvalue weighted by atomic mass is 10.1. The molecule has 0 aliphatic heterocycles. The van der Waals surface area contributed by atoms with Crippen LogP contribution < -0.4 is 10.6 Å². The van der Waals surface area contributed by atoms with Crippen LogP contribution in [-0.2, 0) is 0 Å². The van der Waals surface area contributed by atoms with Crippen LogP contribution in [0.3, 0.4) is 0 Å². The molecule has 0 aromatic rings. The summed E-state index contributed by atoms with van der Waals surface area (Å²) in [4.78, 5) is 7.20. The summed E-state index contributed by atoms with van der Waals surface area (Å²) in [5.41, 5.74) is 5.88. The summed E-state index contributed by atoms with van der Waals surface area (Å²) < 4.78 is 0. The average Bonchev–Trinajstić information content (AvgIpc) is 2.72. The minimum atomic E-state index is 0.144. The Kier molecular flexibility index (Phi) is 14.8. The molecule has 5 heteroatoms. The van der Waals surface area contributed by atoms with E-state index in [9.17, 15) is 0 Å². The van der Waals surface area contributed by atoms with Gasteiger partial charge >= 0.3 is 0 Å². The Morgan fingerprint density at radius 1 is 1.03 bits per heavy atom. The topological polar surface area (TPSA) is 39.7 Å². The molecule has 0 aliphatic carbocycles. The molecule has 0 spiro atoms. The highest BCUT2D eigenvalue weighted by Crippen LogP contribution is 2.20. The lowest BCUT2D eigenvalue weighted by molar-refractivity contribution is 0.251. The Balaban J connectivity index is 4.98. The average molecular weight is 445 g/mol. The van der Waals surface area contributed by atoms with Gasteiger partial charge in [0.15, 0.2) is 0 Å². The Morgan fingerprint density at radius 3 is 2.19 bits per heavy atom. The minimum absolute atomic E-state index is 0.144. The predicted octanol–water partition coefficient (Wildman–Crippen LogP) is 5.91. The van der Waals surface area contributed by atoms with Crippen molar-refractivity contribution < 1.29 is 0 Å². The highest BCUT2D eigenvalue weighted by Gasteiger charge is 2.19. The lowest BCUT2D eigenvalue weighted by Crippen LogP contribution is -2.42. The first-order chi connectivity index (χ1) is 14.5. The second kappa shape index (κ2) is 15.8. The zero-order chi connectivity index (χ0) is 24.0. The molecule has 0 rings (SSSR count). The smallest absolute Gasteiger partial charge is 0.0651 e. The van der Waals surface area contributed by atoms with E-state index in [1.807, 2.05) is 13.0 Å².